The van der Waals surface area contributed by atoms with Crippen molar-refractivity contribution in [1.82, 2.24) is 10.3 Å². The molecule has 0 saturated carbocycles. The third-order valence-electron chi connectivity index (χ3n) is 2.89. The average Bonchev–Trinajstić information content (AvgIpc) is 2.36. The SMILES string of the molecule is COCC(C)N=C(NN)N1CCCC(OC)C1. The predicted molar refractivity (Wildman–Crippen MR) is 67.7 cm³/mol. The van der Waals surface area contributed by atoms with Crippen LogP contribution in [0, 0.1) is 0 Å². The van der Waals surface area contributed by atoms with E-state index in [-0.39, 0.29) is 12.1 Å². The monoisotopic (exact) mass is 244 g/mol. The first-order valence-corrected chi connectivity index (χ1v) is 6.02. The van der Waals surface area contributed by atoms with Crippen molar-refractivity contribution in [2.45, 2.75) is 31.9 Å². The predicted octanol–water partition coefficient (Wildman–Crippen LogP) is -0.0486. The number of guanidine groups is 1. The highest BCUT2D eigenvalue weighted by Gasteiger charge is 2.22. The number of rotatable bonds is 4. The van der Waals surface area contributed by atoms with Crippen molar-refractivity contribution < 1.29 is 9.47 Å². The first-order chi connectivity index (χ1) is 8.21. The molecule has 0 aliphatic carbocycles. The maximum Gasteiger partial charge on any atom is 0.208 e. The Bertz CT molecular complexity index is 248. The molecule has 1 aliphatic heterocycles. The zero-order valence-corrected chi connectivity index (χ0v) is 11.0. The molecule has 0 aromatic carbocycles. The summed E-state index contributed by atoms with van der Waals surface area (Å²) in [5.74, 6) is 6.25. The summed E-state index contributed by atoms with van der Waals surface area (Å²) in [5, 5.41) is 0. The van der Waals surface area contributed by atoms with E-state index >= 15 is 0 Å². The van der Waals surface area contributed by atoms with E-state index in [0.717, 1.165) is 31.9 Å². The molecule has 1 fully saturated rings. The number of methoxy groups -OCH3 is 2. The Morgan fingerprint density at radius 2 is 2.35 bits per heavy atom. The second-order valence-corrected chi connectivity index (χ2v) is 4.35. The fraction of sp³-hybridized carbons (Fsp3) is 0.909. The van der Waals surface area contributed by atoms with Crippen molar-refractivity contribution in [2.75, 3.05) is 33.9 Å². The van der Waals surface area contributed by atoms with Gasteiger partial charge in [0.05, 0.1) is 18.8 Å². The number of ether oxygens (including phenoxy) is 2. The summed E-state index contributed by atoms with van der Waals surface area (Å²) in [6, 6.07) is 0.0916. The van der Waals surface area contributed by atoms with Gasteiger partial charge in [-0.15, -0.1) is 0 Å². The van der Waals surface area contributed by atoms with Crippen LogP contribution in [0.4, 0.5) is 0 Å². The molecule has 0 aromatic rings. The van der Waals surface area contributed by atoms with E-state index in [1.54, 1.807) is 14.2 Å². The second kappa shape index (κ2) is 7.47. The number of nitrogens with zero attached hydrogens (tertiary/aromatic N) is 2. The highest BCUT2D eigenvalue weighted by Crippen LogP contribution is 2.12. The van der Waals surface area contributed by atoms with Gasteiger partial charge in [-0.1, -0.05) is 0 Å². The summed E-state index contributed by atoms with van der Waals surface area (Å²) in [5.41, 5.74) is 2.67. The van der Waals surface area contributed by atoms with Crippen LogP contribution in [0.5, 0.6) is 0 Å². The molecule has 2 unspecified atom stereocenters. The second-order valence-electron chi connectivity index (χ2n) is 4.35. The first-order valence-electron chi connectivity index (χ1n) is 6.02. The fourth-order valence-electron chi connectivity index (χ4n) is 2.02. The van der Waals surface area contributed by atoms with Gasteiger partial charge >= 0.3 is 0 Å². The van der Waals surface area contributed by atoms with Gasteiger partial charge in [-0.05, 0) is 19.8 Å². The quantitative estimate of drug-likeness (QED) is 0.314. The molecule has 0 radical (unpaired) electrons. The van der Waals surface area contributed by atoms with Gasteiger partial charge in [-0.2, -0.15) is 0 Å². The molecule has 1 saturated heterocycles. The van der Waals surface area contributed by atoms with E-state index in [2.05, 4.69) is 15.3 Å². The number of likely N-dealkylation sites (tertiary alicyclic amines) is 1. The van der Waals surface area contributed by atoms with Crippen molar-refractivity contribution in [3.05, 3.63) is 0 Å². The van der Waals surface area contributed by atoms with E-state index in [1.807, 2.05) is 6.92 Å². The molecule has 17 heavy (non-hydrogen) atoms. The van der Waals surface area contributed by atoms with Gasteiger partial charge in [0.15, 0.2) is 0 Å². The van der Waals surface area contributed by atoms with E-state index in [9.17, 15) is 0 Å². The summed E-state index contributed by atoms with van der Waals surface area (Å²) >= 11 is 0. The Balaban J connectivity index is 2.59. The van der Waals surface area contributed by atoms with Crippen molar-refractivity contribution in [2.24, 2.45) is 10.8 Å². The smallest absolute Gasteiger partial charge is 0.208 e. The van der Waals surface area contributed by atoms with Crippen LogP contribution in [0.25, 0.3) is 0 Å². The Morgan fingerprint density at radius 1 is 1.59 bits per heavy atom. The first kappa shape index (κ1) is 14.2. The Kier molecular flexibility index (Phi) is 6.25. The zero-order valence-electron chi connectivity index (χ0n) is 11.0. The van der Waals surface area contributed by atoms with Crippen LogP contribution in [0.2, 0.25) is 0 Å². The molecule has 3 N–H and O–H groups in total. The lowest BCUT2D eigenvalue weighted by molar-refractivity contribution is 0.0523. The Labute approximate surface area is 103 Å². The van der Waals surface area contributed by atoms with Crippen molar-refractivity contribution in [3.8, 4) is 0 Å². The van der Waals surface area contributed by atoms with Crippen LogP contribution < -0.4 is 11.3 Å². The molecule has 2 atom stereocenters. The molecule has 1 heterocycles. The molecule has 0 aromatic heterocycles. The van der Waals surface area contributed by atoms with E-state index in [4.69, 9.17) is 15.3 Å². The van der Waals surface area contributed by atoms with Gasteiger partial charge < -0.3 is 14.4 Å². The number of piperidine rings is 1. The summed E-state index contributed by atoms with van der Waals surface area (Å²) < 4.78 is 10.4. The van der Waals surface area contributed by atoms with Crippen molar-refractivity contribution in [1.29, 1.82) is 0 Å². The summed E-state index contributed by atoms with van der Waals surface area (Å²) in [7, 11) is 3.41. The lowest BCUT2D eigenvalue weighted by atomic mass is 10.1. The molecule has 100 valence electrons. The van der Waals surface area contributed by atoms with Crippen LogP contribution in [0.3, 0.4) is 0 Å². The molecular weight excluding hydrogens is 220 g/mol. The maximum absolute atomic E-state index is 5.53. The minimum Gasteiger partial charge on any atom is -0.382 e. The summed E-state index contributed by atoms with van der Waals surface area (Å²) in [6.07, 6.45) is 2.45. The number of hydrogen-bond donors (Lipinski definition) is 2. The largest absolute Gasteiger partial charge is 0.382 e. The van der Waals surface area contributed by atoms with Gasteiger partial charge in [-0.25, -0.2) is 10.8 Å². The standard InChI is InChI=1S/C11H24N4O2/c1-9(8-16-2)13-11(14-12)15-6-4-5-10(7-15)17-3/h9-10H,4-8,12H2,1-3H3,(H,13,14). The number of nitrogens with two attached hydrogens (primary N) is 1. The maximum atomic E-state index is 5.53. The van der Waals surface area contributed by atoms with Crippen LogP contribution in [-0.4, -0.2) is 56.9 Å². The fourth-order valence-corrected chi connectivity index (χ4v) is 2.02. The lowest BCUT2D eigenvalue weighted by Gasteiger charge is -2.34. The third-order valence-corrected chi connectivity index (χ3v) is 2.89. The molecule has 6 nitrogen and oxygen atoms in total. The van der Waals surface area contributed by atoms with Crippen LogP contribution in [0.15, 0.2) is 4.99 Å². The Morgan fingerprint density at radius 3 is 2.94 bits per heavy atom. The zero-order chi connectivity index (χ0) is 12.7. The summed E-state index contributed by atoms with van der Waals surface area (Å²) in [6.45, 7) is 4.38. The van der Waals surface area contributed by atoms with Gasteiger partial charge in [0.25, 0.3) is 0 Å². The minimum atomic E-state index is 0.0916. The molecule has 1 rings (SSSR count). The lowest BCUT2D eigenvalue weighted by Crippen LogP contribution is -2.51. The molecule has 1 aliphatic rings. The highest BCUT2D eigenvalue weighted by molar-refractivity contribution is 5.79. The minimum absolute atomic E-state index is 0.0916. The van der Waals surface area contributed by atoms with Crippen LogP contribution in [-0.2, 0) is 9.47 Å². The average molecular weight is 244 g/mol. The van der Waals surface area contributed by atoms with Gasteiger partial charge in [0.2, 0.25) is 5.96 Å². The number of hydrogen-bond acceptors (Lipinski definition) is 4. The molecule has 0 amide bonds. The van der Waals surface area contributed by atoms with Crippen LogP contribution in [0.1, 0.15) is 19.8 Å². The molecule has 0 spiro atoms. The van der Waals surface area contributed by atoms with E-state index in [1.165, 1.54) is 0 Å². The number of aliphatic imine (C=N–C) groups is 1. The van der Waals surface area contributed by atoms with Crippen LogP contribution >= 0.6 is 0 Å². The van der Waals surface area contributed by atoms with E-state index < -0.39 is 0 Å². The normalized spacial score (nSPS) is 23.6. The van der Waals surface area contributed by atoms with Gasteiger partial charge in [0.1, 0.15) is 0 Å². The highest BCUT2D eigenvalue weighted by atomic mass is 16.5. The molecular formula is C11H24N4O2. The van der Waals surface area contributed by atoms with Gasteiger partial charge in [-0.3, -0.25) is 5.43 Å². The number of nitrogens with one attached hydrogen (secondary N) is 1. The number of hydrazine groups is 1. The molecule has 0 bridgehead atoms. The van der Waals surface area contributed by atoms with E-state index in [0.29, 0.717) is 6.61 Å². The topological polar surface area (TPSA) is 72.1 Å². The van der Waals surface area contributed by atoms with Gasteiger partial charge in [0, 0.05) is 27.3 Å². The van der Waals surface area contributed by atoms with Crippen molar-refractivity contribution >= 4 is 5.96 Å². The molecule has 6 heteroatoms. The van der Waals surface area contributed by atoms with Crippen molar-refractivity contribution in [3.63, 3.8) is 0 Å². The summed E-state index contributed by atoms with van der Waals surface area (Å²) in [4.78, 5) is 6.63. The third kappa shape index (κ3) is 4.49. The Hall–Kier alpha value is -0.850.